The Kier molecular flexibility index (Phi) is 10.2. The highest BCUT2D eigenvalue weighted by Gasteiger charge is 2.21. The van der Waals surface area contributed by atoms with Crippen LogP contribution in [0, 0.1) is 0 Å². The minimum absolute atomic E-state index is 0.264. The third-order valence-electron chi connectivity index (χ3n) is 3.88. The van der Waals surface area contributed by atoms with Crippen molar-refractivity contribution < 1.29 is 4.74 Å². The predicted molar refractivity (Wildman–Crippen MR) is 91.6 cm³/mol. The summed E-state index contributed by atoms with van der Waals surface area (Å²) >= 11 is 0. The average molecular weight is 291 g/mol. The number of hydrogen-bond donors (Lipinski definition) is 1. The van der Waals surface area contributed by atoms with Gasteiger partial charge in [-0.15, -0.1) is 0 Å². The van der Waals surface area contributed by atoms with Crippen molar-refractivity contribution in [3.8, 4) is 0 Å². The van der Waals surface area contributed by atoms with Crippen LogP contribution in [0.1, 0.15) is 70.9 Å². The van der Waals surface area contributed by atoms with Crippen LogP contribution in [0.15, 0.2) is 30.3 Å². The van der Waals surface area contributed by atoms with Gasteiger partial charge in [0.05, 0.1) is 12.1 Å². The molecule has 0 aliphatic carbocycles. The molecule has 0 spiro atoms. The second kappa shape index (κ2) is 11.8. The summed E-state index contributed by atoms with van der Waals surface area (Å²) in [5, 5.41) is 3.66. The molecule has 0 heterocycles. The Morgan fingerprint density at radius 3 is 2.33 bits per heavy atom. The van der Waals surface area contributed by atoms with E-state index in [-0.39, 0.29) is 6.10 Å². The molecule has 21 heavy (non-hydrogen) atoms. The summed E-state index contributed by atoms with van der Waals surface area (Å²) in [6.45, 7) is 8.60. The molecule has 0 fully saturated rings. The highest BCUT2D eigenvalue weighted by Crippen LogP contribution is 2.22. The fourth-order valence-electron chi connectivity index (χ4n) is 2.64. The lowest BCUT2D eigenvalue weighted by Crippen LogP contribution is -2.34. The minimum Gasteiger partial charge on any atom is -0.376 e. The van der Waals surface area contributed by atoms with Crippen LogP contribution >= 0.6 is 0 Å². The molecule has 0 aromatic heterocycles. The van der Waals surface area contributed by atoms with Gasteiger partial charge in [-0.2, -0.15) is 0 Å². The van der Waals surface area contributed by atoms with Gasteiger partial charge in [-0.05, 0) is 31.4 Å². The molecule has 120 valence electrons. The van der Waals surface area contributed by atoms with Gasteiger partial charge in [0.25, 0.3) is 0 Å². The summed E-state index contributed by atoms with van der Waals surface area (Å²) in [7, 11) is 0. The molecule has 0 saturated heterocycles. The maximum atomic E-state index is 6.19. The number of ether oxygens (including phenoxy) is 1. The Labute approximate surface area is 131 Å². The predicted octanol–water partition coefficient (Wildman–Crippen LogP) is 5.10. The Bertz CT molecular complexity index is 339. The summed E-state index contributed by atoms with van der Waals surface area (Å²) in [6.07, 6.45) is 7.52. The highest BCUT2D eigenvalue weighted by molar-refractivity contribution is 5.20. The van der Waals surface area contributed by atoms with Gasteiger partial charge in [0, 0.05) is 6.61 Å². The van der Waals surface area contributed by atoms with Crippen molar-refractivity contribution in [3.05, 3.63) is 35.9 Å². The fraction of sp³-hybridized carbons (Fsp3) is 0.684. The first kappa shape index (κ1) is 18.2. The Morgan fingerprint density at radius 2 is 1.71 bits per heavy atom. The molecule has 0 bridgehead atoms. The first-order valence-electron chi connectivity index (χ1n) is 8.73. The van der Waals surface area contributed by atoms with Gasteiger partial charge in [-0.25, -0.2) is 0 Å². The van der Waals surface area contributed by atoms with Crippen molar-refractivity contribution in [1.82, 2.24) is 5.32 Å². The summed E-state index contributed by atoms with van der Waals surface area (Å²) in [6, 6.07) is 11.0. The Morgan fingerprint density at radius 1 is 0.952 bits per heavy atom. The van der Waals surface area contributed by atoms with Crippen LogP contribution in [0.25, 0.3) is 0 Å². The fourth-order valence-corrected chi connectivity index (χ4v) is 2.64. The molecule has 0 radical (unpaired) electrons. The molecule has 1 rings (SSSR count). The lowest BCUT2D eigenvalue weighted by molar-refractivity contribution is 0.0211. The van der Waals surface area contributed by atoms with Crippen molar-refractivity contribution in [3.63, 3.8) is 0 Å². The summed E-state index contributed by atoms with van der Waals surface area (Å²) in [5.41, 5.74) is 1.34. The molecular weight excluding hydrogens is 258 g/mol. The van der Waals surface area contributed by atoms with E-state index in [1.807, 2.05) is 0 Å². The number of unbranched alkanes of at least 4 members (excludes halogenated alkanes) is 3. The largest absolute Gasteiger partial charge is 0.376 e. The summed E-state index contributed by atoms with van der Waals surface area (Å²) in [4.78, 5) is 0. The molecule has 2 nitrogen and oxygen atoms in total. The number of nitrogens with one attached hydrogen (secondary N) is 1. The highest BCUT2D eigenvalue weighted by atomic mass is 16.5. The monoisotopic (exact) mass is 291 g/mol. The molecule has 2 atom stereocenters. The third-order valence-corrected chi connectivity index (χ3v) is 3.88. The molecule has 0 amide bonds. The van der Waals surface area contributed by atoms with Gasteiger partial charge in [0.15, 0.2) is 0 Å². The first-order valence-corrected chi connectivity index (χ1v) is 8.73. The Hall–Kier alpha value is -0.860. The lowest BCUT2D eigenvalue weighted by atomic mass is 9.99. The number of hydrogen-bond acceptors (Lipinski definition) is 2. The molecule has 0 aliphatic rings. The van der Waals surface area contributed by atoms with Gasteiger partial charge >= 0.3 is 0 Å². The quantitative estimate of drug-likeness (QED) is 0.541. The van der Waals surface area contributed by atoms with Crippen LogP contribution in [0.3, 0.4) is 0 Å². The standard InChI is InChI=1S/C19H33NO/c1-4-7-8-12-16-21-18(6-3)19(20-15-5-2)17-13-10-9-11-14-17/h9-11,13-14,18-20H,4-8,12,15-16H2,1-3H3. The average Bonchev–Trinajstić information content (AvgIpc) is 2.54. The van der Waals surface area contributed by atoms with E-state index in [9.17, 15) is 0 Å². The van der Waals surface area contributed by atoms with Crippen molar-refractivity contribution in [2.75, 3.05) is 13.2 Å². The zero-order chi connectivity index (χ0) is 15.3. The van der Waals surface area contributed by atoms with Gasteiger partial charge in [0.2, 0.25) is 0 Å². The first-order chi connectivity index (χ1) is 10.3. The topological polar surface area (TPSA) is 21.3 Å². The Balaban J connectivity index is 2.56. The van der Waals surface area contributed by atoms with Gasteiger partial charge in [0.1, 0.15) is 0 Å². The number of rotatable bonds is 12. The van der Waals surface area contributed by atoms with Crippen molar-refractivity contribution >= 4 is 0 Å². The molecular formula is C19H33NO. The van der Waals surface area contributed by atoms with E-state index in [4.69, 9.17) is 4.74 Å². The lowest BCUT2D eigenvalue weighted by Gasteiger charge is -2.28. The smallest absolute Gasteiger partial charge is 0.0767 e. The van der Waals surface area contributed by atoms with Crippen LogP contribution in [0.5, 0.6) is 0 Å². The van der Waals surface area contributed by atoms with E-state index in [2.05, 4.69) is 56.4 Å². The molecule has 1 aromatic carbocycles. The van der Waals surface area contributed by atoms with E-state index in [1.54, 1.807) is 0 Å². The van der Waals surface area contributed by atoms with Crippen LogP contribution in [0.2, 0.25) is 0 Å². The molecule has 0 aliphatic heterocycles. The van der Waals surface area contributed by atoms with Crippen molar-refractivity contribution in [1.29, 1.82) is 0 Å². The SMILES string of the molecule is CCCCCCOC(CC)C(NCCC)c1ccccc1. The third kappa shape index (κ3) is 7.10. The van der Waals surface area contributed by atoms with E-state index in [1.165, 1.54) is 31.2 Å². The van der Waals surface area contributed by atoms with E-state index >= 15 is 0 Å². The zero-order valence-electron chi connectivity index (χ0n) is 14.1. The molecule has 1 aromatic rings. The molecule has 2 unspecified atom stereocenters. The van der Waals surface area contributed by atoms with Crippen molar-refractivity contribution in [2.45, 2.75) is 71.4 Å². The van der Waals surface area contributed by atoms with Crippen LogP contribution in [0.4, 0.5) is 0 Å². The maximum Gasteiger partial charge on any atom is 0.0767 e. The van der Waals surface area contributed by atoms with Gasteiger partial charge in [-0.1, -0.05) is 70.4 Å². The van der Waals surface area contributed by atoms with Crippen LogP contribution in [-0.2, 0) is 4.74 Å². The van der Waals surface area contributed by atoms with Crippen LogP contribution < -0.4 is 5.32 Å². The van der Waals surface area contributed by atoms with Crippen LogP contribution in [-0.4, -0.2) is 19.3 Å². The summed E-state index contributed by atoms with van der Waals surface area (Å²) in [5.74, 6) is 0. The van der Waals surface area contributed by atoms with Gasteiger partial charge in [-0.3, -0.25) is 0 Å². The molecule has 0 saturated carbocycles. The minimum atomic E-state index is 0.264. The zero-order valence-corrected chi connectivity index (χ0v) is 14.1. The van der Waals surface area contributed by atoms with E-state index in [0.717, 1.165) is 26.0 Å². The normalized spacial score (nSPS) is 14.0. The van der Waals surface area contributed by atoms with E-state index in [0.29, 0.717) is 6.04 Å². The van der Waals surface area contributed by atoms with Crippen molar-refractivity contribution in [2.24, 2.45) is 0 Å². The van der Waals surface area contributed by atoms with E-state index < -0.39 is 0 Å². The van der Waals surface area contributed by atoms with Gasteiger partial charge < -0.3 is 10.1 Å². The number of benzene rings is 1. The second-order valence-electron chi connectivity index (χ2n) is 5.72. The molecule has 1 N–H and O–H groups in total. The maximum absolute atomic E-state index is 6.19. The second-order valence-corrected chi connectivity index (χ2v) is 5.72. The molecule has 2 heteroatoms. The summed E-state index contributed by atoms with van der Waals surface area (Å²) < 4.78 is 6.19.